The van der Waals surface area contributed by atoms with Crippen molar-refractivity contribution >= 4 is 0 Å². The maximum atomic E-state index is 13.1. The number of nitrogens with zero attached hydrogens (tertiary/aromatic N) is 3. The third kappa shape index (κ3) is 4.36. The van der Waals surface area contributed by atoms with Crippen molar-refractivity contribution in [3.63, 3.8) is 0 Å². The lowest BCUT2D eigenvalue weighted by atomic mass is 9.84. The van der Waals surface area contributed by atoms with E-state index >= 15 is 0 Å². The monoisotopic (exact) mass is 421 g/mol. The average Bonchev–Trinajstić information content (AvgIpc) is 3.18. The van der Waals surface area contributed by atoms with Gasteiger partial charge in [-0.25, -0.2) is 4.39 Å². The first-order valence-corrected chi connectivity index (χ1v) is 9.44. The van der Waals surface area contributed by atoms with Crippen LogP contribution in [-0.4, -0.2) is 33.2 Å². The van der Waals surface area contributed by atoms with E-state index in [4.69, 9.17) is 4.52 Å². The molecule has 158 valence electrons. The highest BCUT2D eigenvalue weighted by molar-refractivity contribution is 5.54. The van der Waals surface area contributed by atoms with Gasteiger partial charge in [0.2, 0.25) is 11.7 Å². The fraction of sp³-hybridized carbons (Fsp3) is 0.333. The summed E-state index contributed by atoms with van der Waals surface area (Å²) in [7, 11) is 0. The molecule has 1 N–H and O–H groups in total. The van der Waals surface area contributed by atoms with E-state index in [9.17, 15) is 22.7 Å². The van der Waals surface area contributed by atoms with Crippen molar-refractivity contribution in [1.29, 1.82) is 0 Å². The number of hydrogen-bond donors (Lipinski definition) is 1. The Morgan fingerprint density at radius 2 is 1.63 bits per heavy atom. The van der Waals surface area contributed by atoms with Crippen LogP contribution in [0.15, 0.2) is 53.1 Å². The molecule has 30 heavy (non-hydrogen) atoms. The van der Waals surface area contributed by atoms with E-state index in [1.54, 1.807) is 12.1 Å². The molecule has 0 unspecified atom stereocenters. The molecule has 3 aromatic rings. The summed E-state index contributed by atoms with van der Waals surface area (Å²) >= 11 is 0. The van der Waals surface area contributed by atoms with Crippen molar-refractivity contribution in [2.45, 2.75) is 31.2 Å². The number of halogens is 4. The lowest BCUT2D eigenvalue weighted by Gasteiger charge is -2.38. The van der Waals surface area contributed by atoms with Gasteiger partial charge < -0.3 is 9.63 Å². The van der Waals surface area contributed by atoms with Crippen LogP contribution in [0.2, 0.25) is 0 Å². The van der Waals surface area contributed by atoms with E-state index in [1.165, 1.54) is 24.3 Å². The largest absolute Gasteiger partial charge is 0.416 e. The number of hydrogen-bond acceptors (Lipinski definition) is 5. The zero-order valence-electron chi connectivity index (χ0n) is 15.9. The maximum absolute atomic E-state index is 13.1. The van der Waals surface area contributed by atoms with Gasteiger partial charge in [0.05, 0.1) is 17.7 Å². The molecule has 1 fully saturated rings. The van der Waals surface area contributed by atoms with Gasteiger partial charge in [-0.05, 0) is 42.7 Å². The quantitative estimate of drug-likeness (QED) is 0.634. The fourth-order valence-electron chi connectivity index (χ4n) is 3.57. The third-order valence-corrected chi connectivity index (χ3v) is 5.36. The molecule has 0 radical (unpaired) electrons. The Labute approximate surface area is 169 Å². The van der Waals surface area contributed by atoms with Gasteiger partial charge in [-0.2, -0.15) is 18.2 Å². The molecule has 0 saturated carbocycles. The van der Waals surface area contributed by atoms with Crippen LogP contribution in [0.3, 0.4) is 0 Å². The lowest BCUT2D eigenvalue weighted by molar-refractivity contribution is -0.137. The Balaban J connectivity index is 1.37. The molecule has 0 amide bonds. The lowest BCUT2D eigenvalue weighted by Crippen LogP contribution is -2.42. The molecule has 2 heterocycles. The molecule has 5 nitrogen and oxygen atoms in total. The first-order valence-electron chi connectivity index (χ1n) is 9.44. The normalized spacial score (nSPS) is 17.2. The summed E-state index contributed by atoms with van der Waals surface area (Å²) in [6.07, 6.45) is -3.46. The van der Waals surface area contributed by atoms with Crippen LogP contribution in [0.1, 0.15) is 29.9 Å². The minimum absolute atomic E-state index is 0.221. The predicted octanol–water partition coefficient (Wildman–Crippen LogP) is 4.38. The van der Waals surface area contributed by atoms with E-state index in [-0.39, 0.29) is 11.6 Å². The second kappa shape index (κ2) is 7.81. The van der Waals surface area contributed by atoms with Crippen molar-refractivity contribution in [3.8, 4) is 11.4 Å². The van der Waals surface area contributed by atoms with Gasteiger partial charge in [0.1, 0.15) is 5.82 Å². The molecule has 1 saturated heterocycles. The average molecular weight is 421 g/mol. The molecule has 1 aromatic heterocycles. The van der Waals surface area contributed by atoms with Crippen LogP contribution in [0.5, 0.6) is 0 Å². The number of aromatic nitrogens is 2. The van der Waals surface area contributed by atoms with Gasteiger partial charge in [-0.3, -0.25) is 4.90 Å². The Bertz CT molecular complexity index is 992. The molecular weight excluding hydrogens is 402 g/mol. The van der Waals surface area contributed by atoms with E-state index in [2.05, 4.69) is 10.1 Å². The van der Waals surface area contributed by atoms with Crippen molar-refractivity contribution in [2.75, 3.05) is 13.1 Å². The van der Waals surface area contributed by atoms with E-state index in [0.717, 1.165) is 12.1 Å². The zero-order chi connectivity index (χ0) is 21.4. The molecule has 0 atom stereocenters. The SMILES string of the molecule is OC1(c2ccc(F)cc2)CCN(Cc2nc(-c3ccc(C(F)(F)F)cc3)no2)CC1. The number of likely N-dealkylation sites (tertiary alicyclic amines) is 1. The second-order valence-electron chi connectivity index (χ2n) is 7.40. The second-order valence-corrected chi connectivity index (χ2v) is 7.40. The standard InChI is InChI=1S/C21H19F4N3O2/c22-17-7-5-15(6-8-17)20(29)9-11-28(12-10-20)13-18-26-19(27-30-18)14-1-3-16(4-2-14)21(23,24)25/h1-8,29H,9-13H2. The molecule has 2 aromatic carbocycles. The third-order valence-electron chi connectivity index (χ3n) is 5.36. The van der Waals surface area contributed by atoms with Crippen LogP contribution in [0.4, 0.5) is 17.6 Å². The van der Waals surface area contributed by atoms with E-state index < -0.39 is 17.3 Å². The minimum atomic E-state index is -4.40. The Hall–Kier alpha value is -2.78. The van der Waals surface area contributed by atoms with Crippen molar-refractivity contribution in [3.05, 3.63) is 71.4 Å². The van der Waals surface area contributed by atoms with Gasteiger partial charge in [0, 0.05) is 18.7 Å². The molecule has 0 spiro atoms. The minimum Gasteiger partial charge on any atom is -0.385 e. The highest BCUT2D eigenvalue weighted by atomic mass is 19.4. The highest BCUT2D eigenvalue weighted by Crippen LogP contribution is 2.33. The van der Waals surface area contributed by atoms with Gasteiger partial charge >= 0.3 is 6.18 Å². The highest BCUT2D eigenvalue weighted by Gasteiger charge is 2.34. The Kier molecular flexibility index (Phi) is 5.33. The van der Waals surface area contributed by atoms with Gasteiger partial charge in [-0.1, -0.05) is 29.4 Å². The maximum Gasteiger partial charge on any atom is 0.416 e. The smallest absolute Gasteiger partial charge is 0.385 e. The summed E-state index contributed by atoms with van der Waals surface area (Å²) in [6, 6.07) is 10.4. The van der Waals surface area contributed by atoms with Crippen LogP contribution in [0, 0.1) is 5.82 Å². The summed E-state index contributed by atoms with van der Waals surface area (Å²) in [5.41, 5.74) is -0.630. The molecular formula is C21H19F4N3O2. The fourth-order valence-corrected chi connectivity index (χ4v) is 3.57. The van der Waals surface area contributed by atoms with Crippen molar-refractivity contribution in [1.82, 2.24) is 15.0 Å². The number of piperidine rings is 1. The summed E-state index contributed by atoms with van der Waals surface area (Å²) < 4.78 is 56.4. The predicted molar refractivity (Wildman–Crippen MR) is 99.5 cm³/mol. The van der Waals surface area contributed by atoms with Crippen LogP contribution >= 0.6 is 0 Å². The molecule has 0 aliphatic carbocycles. The molecule has 1 aliphatic rings. The Morgan fingerprint density at radius 1 is 1.00 bits per heavy atom. The molecule has 1 aliphatic heterocycles. The number of alkyl halides is 3. The summed E-state index contributed by atoms with van der Waals surface area (Å²) in [6.45, 7) is 1.52. The number of benzene rings is 2. The summed E-state index contributed by atoms with van der Waals surface area (Å²) in [4.78, 5) is 6.31. The number of rotatable bonds is 4. The Morgan fingerprint density at radius 3 is 2.23 bits per heavy atom. The first-order chi connectivity index (χ1) is 14.2. The van der Waals surface area contributed by atoms with E-state index in [1.807, 2.05) is 4.90 Å². The summed E-state index contributed by atoms with van der Waals surface area (Å²) in [5.74, 6) is 0.218. The molecule has 4 rings (SSSR count). The van der Waals surface area contributed by atoms with Gasteiger partial charge in [0.15, 0.2) is 0 Å². The summed E-state index contributed by atoms with van der Waals surface area (Å²) in [5, 5.41) is 14.7. The van der Waals surface area contributed by atoms with Crippen LogP contribution in [-0.2, 0) is 18.3 Å². The number of aliphatic hydroxyl groups is 1. The topological polar surface area (TPSA) is 62.4 Å². The first kappa shape index (κ1) is 20.5. The van der Waals surface area contributed by atoms with Crippen molar-refractivity contribution < 1.29 is 27.2 Å². The van der Waals surface area contributed by atoms with Crippen LogP contribution < -0.4 is 0 Å². The molecule has 9 heteroatoms. The molecule has 0 bridgehead atoms. The van der Waals surface area contributed by atoms with Crippen LogP contribution in [0.25, 0.3) is 11.4 Å². The zero-order valence-corrected chi connectivity index (χ0v) is 15.9. The van der Waals surface area contributed by atoms with Gasteiger partial charge in [0.25, 0.3) is 0 Å². The van der Waals surface area contributed by atoms with Gasteiger partial charge in [-0.15, -0.1) is 0 Å². The van der Waals surface area contributed by atoms with E-state index in [0.29, 0.717) is 49.5 Å². The van der Waals surface area contributed by atoms with Crippen molar-refractivity contribution in [2.24, 2.45) is 0 Å².